The van der Waals surface area contributed by atoms with E-state index in [1.54, 1.807) is 0 Å². The van der Waals surface area contributed by atoms with Crippen molar-refractivity contribution in [2.75, 3.05) is 29.0 Å². The Morgan fingerprint density at radius 3 is 2.63 bits per heavy atom. The van der Waals surface area contributed by atoms with Crippen LogP contribution in [-0.4, -0.2) is 45.2 Å². The van der Waals surface area contributed by atoms with Gasteiger partial charge in [0.25, 0.3) is 0 Å². The van der Waals surface area contributed by atoms with Gasteiger partial charge in [-0.3, -0.25) is 4.98 Å². The van der Waals surface area contributed by atoms with E-state index in [0.717, 1.165) is 37.3 Å². The third-order valence-electron chi connectivity index (χ3n) is 5.77. The molecule has 0 aliphatic carbocycles. The smallest absolute Gasteiger partial charge is 0.382 e. The standard InChI is InChI=1S/C24H27F3N8/c1-14-5-6-19(35-10-7-17(28)8-11-35)23(32-14)33-15(2)20-22(29)31-13-18(34-20)21-16(4-3-9-30-21)12-24(25,26)27/h3-6,9,13,17H,2,7-8,10-12,28H2,1H3,(H2,29,31)(H,32,33). The van der Waals surface area contributed by atoms with Crippen molar-refractivity contribution in [3.63, 3.8) is 0 Å². The number of anilines is 3. The quantitative estimate of drug-likeness (QED) is 0.481. The fraction of sp³-hybridized carbons (Fsp3) is 0.333. The van der Waals surface area contributed by atoms with Crippen LogP contribution in [0.25, 0.3) is 17.1 Å². The molecule has 1 aliphatic heterocycles. The first kappa shape index (κ1) is 24.4. The van der Waals surface area contributed by atoms with Gasteiger partial charge in [-0.2, -0.15) is 13.2 Å². The van der Waals surface area contributed by atoms with Gasteiger partial charge in [-0.25, -0.2) is 15.0 Å². The number of rotatable bonds is 6. The van der Waals surface area contributed by atoms with Gasteiger partial charge in [-0.05, 0) is 43.5 Å². The summed E-state index contributed by atoms with van der Waals surface area (Å²) in [5, 5.41) is 3.19. The molecule has 184 valence electrons. The molecule has 1 saturated heterocycles. The summed E-state index contributed by atoms with van der Waals surface area (Å²) in [7, 11) is 0. The van der Waals surface area contributed by atoms with Gasteiger partial charge in [0.1, 0.15) is 11.4 Å². The lowest BCUT2D eigenvalue weighted by Gasteiger charge is -2.33. The van der Waals surface area contributed by atoms with Gasteiger partial charge >= 0.3 is 6.18 Å². The van der Waals surface area contributed by atoms with E-state index in [-0.39, 0.29) is 34.5 Å². The van der Waals surface area contributed by atoms with Crippen molar-refractivity contribution in [2.24, 2.45) is 5.73 Å². The number of nitrogens with one attached hydrogen (secondary N) is 1. The molecule has 0 spiro atoms. The summed E-state index contributed by atoms with van der Waals surface area (Å²) in [6, 6.07) is 6.92. The van der Waals surface area contributed by atoms with E-state index in [2.05, 4.69) is 36.7 Å². The van der Waals surface area contributed by atoms with Gasteiger partial charge in [0.15, 0.2) is 11.6 Å². The van der Waals surface area contributed by atoms with Crippen LogP contribution in [0, 0.1) is 6.92 Å². The first-order chi connectivity index (χ1) is 16.6. The van der Waals surface area contributed by atoms with Gasteiger partial charge < -0.3 is 21.7 Å². The summed E-state index contributed by atoms with van der Waals surface area (Å²) < 4.78 is 39.2. The molecule has 4 rings (SSSR count). The third kappa shape index (κ3) is 5.86. The summed E-state index contributed by atoms with van der Waals surface area (Å²) in [5.74, 6) is 0.658. The number of aryl methyl sites for hydroxylation is 1. The Bertz CT molecular complexity index is 1220. The van der Waals surface area contributed by atoms with E-state index in [1.165, 1.54) is 24.5 Å². The van der Waals surface area contributed by atoms with E-state index in [1.807, 2.05) is 19.1 Å². The molecule has 1 aliphatic rings. The van der Waals surface area contributed by atoms with Crippen molar-refractivity contribution in [1.82, 2.24) is 19.9 Å². The van der Waals surface area contributed by atoms with Gasteiger partial charge in [0.2, 0.25) is 0 Å². The number of alkyl halides is 3. The van der Waals surface area contributed by atoms with E-state index < -0.39 is 12.6 Å². The molecule has 8 nitrogen and oxygen atoms in total. The fourth-order valence-electron chi connectivity index (χ4n) is 4.00. The zero-order valence-electron chi connectivity index (χ0n) is 19.3. The molecule has 11 heteroatoms. The van der Waals surface area contributed by atoms with Crippen molar-refractivity contribution in [2.45, 2.75) is 38.4 Å². The minimum absolute atomic E-state index is 0.00506. The molecule has 0 aromatic carbocycles. The van der Waals surface area contributed by atoms with E-state index in [9.17, 15) is 13.2 Å². The number of nitrogens with zero attached hydrogens (tertiary/aromatic N) is 5. The first-order valence-electron chi connectivity index (χ1n) is 11.2. The second-order valence-electron chi connectivity index (χ2n) is 8.54. The largest absolute Gasteiger partial charge is 0.393 e. The van der Waals surface area contributed by atoms with Crippen LogP contribution in [0.1, 0.15) is 29.8 Å². The fourth-order valence-corrected chi connectivity index (χ4v) is 4.00. The lowest BCUT2D eigenvalue weighted by atomic mass is 10.1. The van der Waals surface area contributed by atoms with E-state index in [4.69, 9.17) is 11.5 Å². The minimum Gasteiger partial charge on any atom is -0.382 e. The molecule has 3 aromatic heterocycles. The van der Waals surface area contributed by atoms with Crippen molar-refractivity contribution < 1.29 is 13.2 Å². The number of pyridine rings is 2. The van der Waals surface area contributed by atoms with Crippen LogP contribution < -0.4 is 21.7 Å². The summed E-state index contributed by atoms with van der Waals surface area (Å²) in [4.78, 5) is 19.6. The summed E-state index contributed by atoms with van der Waals surface area (Å²) in [6.07, 6.45) is -1.06. The number of piperidine rings is 1. The van der Waals surface area contributed by atoms with Gasteiger partial charge in [0.05, 0.1) is 29.7 Å². The zero-order valence-corrected chi connectivity index (χ0v) is 19.3. The van der Waals surface area contributed by atoms with Crippen LogP contribution in [-0.2, 0) is 6.42 Å². The molecule has 35 heavy (non-hydrogen) atoms. The lowest BCUT2D eigenvalue weighted by molar-refractivity contribution is -0.127. The SMILES string of the molecule is C=C(Nc1nc(C)ccc1N1CCC(N)CC1)c1nc(-c2ncccc2CC(F)(F)F)cnc1N. The van der Waals surface area contributed by atoms with Gasteiger partial charge in [-0.15, -0.1) is 0 Å². The Balaban J connectivity index is 1.64. The molecule has 0 amide bonds. The normalized spacial score (nSPS) is 14.7. The average Bonchev–Trinajstić information content (AvgIpc) is 2.80. The average molecular weight is 485 g/mol. The van der Waals surface area contributed by atoms with Crippen LogP contribution in [0.3, 0.4) is 0 Å². The molecular weight excluding hydrogens is 457 g/mol. The van der Waals surface area contributed by atoms with E-state index >= 15 is 0 Å². The highest BCUT2D eigenvalue weighted by Gasteiger charge is 2.30. The van der Waals surface area contributed by atoms with Crippen LogP contribution in [0.2, 0.25) is 0 Å². The maximum atomic E-state index is 13.1. The summed E-state index contributed by atoms with van der Waals surface area (Å²) in [6.45, 7) is 7.53. The molecular formula is C24H27F3N8. The second-order valence-corrected chi connectivity index (χ2v) is 8.54. The monoisotopic (exact) mass is 484 g/mol. The van der Waals surface area contributed by atoms with Crippen molar-refractivity contribution in [3.8, 4) is 11.4 Å². The van der Waals surface area contributed by atoms with Crippen molar-refractivity contribution in [3.05, 3.63) is 60.2 Å². The zero-order chi connectivity index (χ0) is 25.2. The molecule has 3 aromatic rings. The van der Waals surface area contributed by atoms with E-state index in [0.29, 0.717) is 11.5 Å². The Kier molecular flexibility index (Phi) is 6.88. The molecule has 0 bridgehead atoms. The van der Waals surface area contributed by atoms with Crippen molar-refractivity contribution in [1.29, 1.82) is 0 Å². The molecule has 0 unspecified atom stereocenters. The summed E-state index contributed by atoms with van der Waals surface area (Å²) in [5.41, 5.74) is 14.6. The molecule has 1 fully saturated rings. The van der Waals surface area contributed by atoms with Gasteiger partial charge in [-0.1, -0.05) is 12.6 Å². The molecule has 5 N–H and O–H groups in total. The van der Waals surface area contributed by atoms with Crippen molar-refractivity contribution >= 4 is 23.0 Å². The highest BCUT2D eigenvalue weighted by Crippen LogP contribution is 2.31. The van der Waals surface area contributed by atoms with Gasteiger partial charge in [0, 0.05) is 31.0 Å². The second kappa shape index (κ2) is 9.87. The molecule has 0 radical (unpaired) electrons. The predicted octanol–water partition coefficient (Wildman–Crippen LogP) is 3.94. The Morgan fingerprint density at radius 1 is 1.17 bits per heavy atom. The first-order valence-corrected chi connectivity index (χ1v) is 11.2. The van der Waals surface area contributed by atoms with Crippen LogP contribution in [0.15, 0.2) is 43.2 Å². The van der Waals surface area contributed by atoms with Crippen LogP contribution in [0.4, 0.5) is 30.5 Å². The molecule has 0 atom stereocenters. The number of nitrogens with two attached hydrogens (primary N) is 2. The topological polar surface area (TPSA) is 119 Å². The highest BCUT2D eigenvalue weighted by molar-refractivity contribution is 5.82. The third-order valence-corrected chi connectivity index (χ3v) is 5.77. The highest BCUT2D eigenvalue weighted by atomic mass is 19.4. The lowest BCUT2D eigenvalue weighted by Crippen LogP contribution is -2.40. The van der Waals surface area contributed by atoms with Crippen LogP contribution >= 0.6 is 0 Å². The molecule has 4 heterocycles. The number of aromatic nitrogens is 4. The maximum Gasteiger partial charge on any atom is 0.393 e. The Morgan fingerprint density at radius 2 is 1.91 bits per heavy atom. The molecule has 0 saturated carbocycles. The van der Waals surface area contributed by atoms with Crippen LogP contribution in [0.5, 0.6) is 0 Å². The number of hydrogen-bond acceptors (Lipinski definition) is 8. The number of halogens is 3. The minimum atomic E-state index is -4.39. The Hall–Kier alpha value is -3.73. The summed E-state index contributed by atoms with van der Waals surface area (Å²) >= 11 is 0. The Labute approximate surface area is 201 Å². The predicted molar refractivity (Wildman–Crippen MR) is 130 cm³/mol. The number of nitrogen functional groups attached to an aromatic ring is 1. The number of hydrogen-bond donors (Lipinski definition) is 3. The maximum absolute atomic E-state index is 13.1.